The molecule has 2 aliphatic heterocycles. The molecule has 3 heterocycles. The average molecular weight is 296 g/mol. The molecule has 0 aliphatic carbocycles. The van der Waals surface area contributed by atoms with Crippen LogP contribution in [0.4, 0.5) is 5.69 Å². The van der Waals surface area contributed by atoms with Crippen molar-refractivity contribution < 1.29 is 4.74 Å². The Labute approximate surface area is 130 Å². The number of hydrogen-bond acceptors (Lipinski definition) is 5. The van der Waals surface area contributed by atoms with Gasteiger partial charge in [0.25, 0.3) is 0 Å². The molecule has 5 heteroatoms. The maximum Gasteiger partial charge on any atom is 0.159 e. The van der Waals surface area contributed by atoms with E-state index in [1.807, 2.05) is 42.7 Å². The van der Waals surface area contributed by atoms with Gasteiger partial charge in [0.05, 0.1) is 30.3 Å². The van der Waals surface area contributed by atoms with Crippen LogP contribution >= 0.6 is 0 Å². The van der Waals surface area contributed by atoms with Crippen molar-refractivity contribution in [3.8, 4) is 11.4 Å². The summed E-state index contributed by atoms with van der Waals surface area (Å²) in [7, 11) is 2.16. The lowest BCUT2D eigenvalue weighted by Gasteiger charge is -2.45. The number of hydrogen-bond donors (Lipinski definition) is 0. The fraction of sp³-hybridized carbons (Fsp3) is 0.412. The molecular weight excluding hydrogens is 276 g/mol. The van der Waals surface area contributed by atoms with E-state index in [0.717, 1.165) is 43.3 Å². The zero-order chi connectivity index (χ0) is 14.9. The van der Waals surface area contributed by atoms with E-state index in [2.05, 4.69) is 26.8 Å². The normalized spacial score (nSPS) is 25.2. The zero-order valence-corrected chi connectivity index (χ0v) is 12.7. The van der Waals surface area contributed by atoms with Crippen LogP contribution in [0.15, 0.2) is 42.7 Å². The molecule has 2 bridgehead atoms. The first-order valence-electron chi connectivity index (χ1n) is 7.74. The van der Waals surface area contributed by atoms with Gasteiger partial charge in [-0.15, -0.1) is 0 Å². The second kappa shape index (κ2) is 5.66. The van der Waals surface area contributed by atoms with E-state index in [9.17, 15) is 0 Å². The quantitative estimate of drug-likeness (QED) is 0.843. The molecule has 2 aliphatic rings. The van der Waals surface area contributed by atoms with E-state index in [4.69, 9.17) is 4.74 Å². The highest BCUT2D eigenvalue weighted by Crippen LogP contribution is 2.24. The predicted octanol–water partition coefficient (Wildman–Crippen LogP) is 1.66. The Balaban J connectivity index is 1.52. The third-order valence-electron chi connectivity index (χ3n) is 4.30. The Morgan fingerprint density at radius 1 is 0.955 bits per heavy atom. The molecule has 22 heavy (non-hydrogen) atoms. The maximum atomic E-state index is 6.01. The smallest absolute Gasteiger partial charge is 0.159 e. The van der Waals surface area contributed by atoms with Crippen LogP contribution in [0.2, 0.25) is 0 Å². The standard InChI is InChI=1S/C17H20N4O/c1-20-9-15-11-21(12-16(10-20)22-15)14-7-18-17(19-8-14)13-5-3-2-4-6-13/h2-8,15-16H,9-12H2,1H3. The molecule has 0 amide bonds. The molecule has 5 nitrogen and oxygen atoms in total. The number of fused-ring (bicyclic) bond motifs is 2. The second-order valence-corrected chi connectivity index (χ2v) is 6.14. The van der Waals surface area contributed by atoms with Crippen LogP contribution in [-0.4, -0.2) is 60.3 Å². The summed E-state index contributed by atoms with van der Waals surface area (Å²) in [4.78, 5) is 13.8. The van der Waals surface area contributed by atoms with Gasteiger partial charge in [-0.3, -0.25) is 0 Å². The van der Waals surface area contributed by atoms with Gasteiger partial charge in [0.1, 0.15) is 0 Å². The Hall–Kier alpha value is -1.98. The predicted molar refractivity (Wildman–Crippen MR) is 85.8 cm³/mol. The van der Waals surface area contributed by atoms with Crippen molar-refractivity contribution in [3.05, 3.63) is 42.7 Å². The minimum atomic E-state index is 0.284. The van der Waals surface area contributed by atoms with Crippen molar-refractivity contribution in [1.29, 1.82) is 0 Å². The van der Waals surface area contributed by atoms with Crippen molar-refractivity contribution in [3.63, 3.8) is 0 Å². The van der Waals surface area contributed by atoms with Crippen LogP contribution in [-0.2, 0) is 4.74 Å². The minimum absolute atomic E-state index is 0.284. The summed E-state index contributed by atoms with van der Waals surface area (Å²) in [5, 5.41) is 0. The van der Waals surface area contributed by atoms with Gasteiger partial charge in [-0.1, -0.05) is 30.3 Å². The van der Waals surface area contributed by atoms with E-state index in [1.54, 1.807) is 0 Å². The Morgan fingerprint density at radius 2 is 1.59 bits per heavy atom. The summed E-state index contributed by atoms with van der Waals surface area (Å²) in [5.74, 6) is 0.775. The van der Waals surface area contributed by atoms with Crippen LogP contribution in [0, 0.1) is 0 Å². The topological polar surface area (TPSA) is 41.5 Å². The number of morpholine rings is 2. The van der Waals surface area contributed by atoms with Gasteiger partial charge in [-0.2, -0.15) is 0 Å². The fourth-order valence-electron chi connectivity index (χ4n) is 3.33. The van der Waals surface area contributed by atoms with Gasteiger partial charge in [0.2, 0.25) is 0 Å². The number of anilines is 1. The van der Waals surface area contributed by atoms with Crippen LogP contribution in [0.1, 0.15) is 0 Å². The first-order valence-corrected chi connectivity index (χ1v) is 7.74. The molecule has 2 saturated heterocycles. The molecule has 4 rings (SSSR count). The summed E-state index contributed by atoms with van der Waals surface area (Å²) in [6.07, 6.45) is 4.43. The zero-order valence-electron chi connectivity index (χ0n) is 12.7. The van der Waals surface area contributed by atoms with Gasteiger partial charge in [-0.25, -0.2) is 9.97 Å². The molecule has 0 radical (unpaired) electrons. The van der Waals surface area contributed by atoms with E-state index >= 15 is 0 Å². The van der Waals surface area contributed by atoms with Gasteiger partial charge < -0.3 is 14.5 Å². The Bertz CT molecular complexity index is 613. The third-order valence-corrected chi connectivity index (χ3v) is 4.30. The summed E-state index contributed by atoms with van der Waals surface area (Å²) in [5.41, 5.74) is 2.14. The second-order valence-electron chi connectivity index (χ2n) is 6.14. The summed E-state index contributed by atoms with van der Waals surface area (Å²) in [6.45, 7) is 3.82. The number of nitrogens with zero attached hydrogens (tertiary/aromatic N) is 4. The van der Waals surface area contributed by atoms with Gasteiger partial charge >= 0.3 is 0 Å². The number of aromatic nitrogens is 2. The van der Waals surface area contributed by atoms with Gasteiger partial charge in [0, 0.05) is 31.7 Å². The van der Waals surface area contributed by atoms with Crippen molar-refractivity contribution in [1.82, 2.24) is 14.9 Å². The third kappa shape index (κ3) is 2.69. The number of ether oxygens (including phenoxy) is 1. The highest BCUT2D eigenvalue weighted by Gasteiger charge is 2.33. The molecule has 1 aromatic carbocycles. The Kier molecular flexibility index (Phi) is 3.52. The molecule has 2 aromatic rings. The summed E-state index contributed by atoms with van der Waals surface area (Å²) in [6, 6.07) is 10.1. The molecule has 2 fully saturated rings. The van der Waals surface area contributed by atoms with E-state index in [1.165, 1.54) is 0 Å². The van der Waals surface area contributed by atoms with Gasteiger partial charge in [-0.05, 0) is 7.05 Å². The minimum Gasteiger partial charge on any atom is -0.369 e. The lowest BCUT2D eigenvalue weighted by atomic mass is 10.1. The van der Waals surface area contributed by atoms with E-state index in [0.29, 0.717) is 0 Å². The summed E-state index contributed by atoms with van der Waals surface area (Å²) < 4.78 is 6.01. The molecule has 0 saturated carbocycles. The number of rotatable bonds is 2. The SMILES string of the molecule is CN1CC2CN(c3cnc(-c4ccccc4)nc3)CC(C1)O2. The van der Waals surface area contributed by atoms with Crippen LogP contribution < -0.4 is 4.90 Å². The fourth-order valence-corrected chi connectivity index (χ4v) is 3.33. The lowest BCUT2D eigenvalue weighted by molar-refractivity contribution is -0.0875. The Morgan fingerprint density at radius 3 is 2.23 bits per heavy atom. The highest BCUT2D eigenvalue weighted by molar-refractivity contribution is 5.56. The van der Waals surface area contributed by atoms with E-state index in [-0.39, 0.29) is 12.2 Å². The molecule has 2 unspecified atom stereocenters. The molecule has 0 N–H and O–H groups in total. The molecule has 0 spiro atoms. The van der Waals surface area contributed by atoms with Gasteiger partial charge in [0.15, 0.2) is 5.82 Å². The average Bonchev–Trinajstić information content (AvgIpc) is 2.55. The van der Waals surface area contributed by atoms with Crippen molar-refractivity contribution in [2.75, 3.05) is 38.1 Å². The van der Waals surface area contributed by atoms with E-state index < -0.39 is 0 Å². The molecular formula is C17H20N4O. The largest absolute Gasteiger partial charge is 0.369 e. The van der Waals surface area contributed by atoms with Crippen molar-refractivity contribution in [2.45, 2.75) is 12.2 Å². The first kappa shape index (κ1) is 13.7. The first-order chi connectivity index (χ1) is 10.8. The van der Waals surface area contributed by atoms with Crippen LogP contribution in [0.3, 0.4) is 0 Å². The van der Waals surface area contributed by atoms with Crippen LogP contribution in [0.5, 0.6) is 0 Å². The molecule has 2 atom stereocenters. The molecule has 114 valence electrons. The van der Waals surface area contributed by atoms with Crippen LogP contribution in [0.25, 0.3) is 11.4 Å². The summed E-state index contributed by atoms with van der Waals surface area (Å²) >= 11 is 0. The maximum absolute atomic E-state index is 6.01. The number of benzene rings is 1. The number of likely N-dealkylation sites (N-methyl/N-ethyl adjacent to an activating group) is 1. The molecule has 1 aromatic heterocycles. The van der Waals surface area contributed by atoms with Crippen molar-refractivity contribution >= 4 is 5.69 Å². The van der Waals surface area contributed by atoms with Crippen molar-refractivity contribution in [2.24, 2.45) is 0 Å². The highest BCUT2D eigenvalue weighted by atomic mass is 16.5. The monoisotopic (exact) mass is 296 g/mol. The lowest BCUT2D eigenvalue weighted by Crippen LogP contribution is -2.58.